The van der Waals surface area contributed by atoms with E-state index in [-0.39, 0.29) is 17.5 Å². The number of hydrogen-bond donors (Lipinski definition) is 0. The van der Waals surface area contributed by atoms with Crippen LogP contribution in [0.15, 0.2) is 24.3 Å². The van der Waals surface area contributed by atoms with Crippen LogP contribution in [0.3, 0.4) is 0 Å². The molecule has 0 radical (unpaired) electrons. The molecule has 1 aromatic rings. The van der Waals surface area contributed by atoms with Crippen LogP contribution in [0.25, 0.3) is 6.08 Å². The Morgan fingerprint density at radius 3 is 2.53 bits per heavy atom. The number of carbonyl (C=O) groups is 1. The van der Waals surface area contributed by atoms with Crippen LogP contribution in [-0.2, 0) is 11.0 Å². The standard InChI is InChI=1S/C12H8F3NO/c13-12(14,15)11-6-9(3-1-2-4-17)5-10(7-11)8-16/h1,3-7H,2H2. The zero-order chi connectivity index (χ0) is 12.9. The lowest BCUT2D eigenvalue weighted by atomic mass is 10.1. The highest BCUT2D eigenvalue weighted by atomic mass is 19.4. The second-order valence-electron chi connectivity index (χ2n) is 3.26. The van der Waals surface area contributed by atoms with E-state index in [0.29, 0.717) is 6.29 Å². The van der Waals surface area contributed by atoms with Gasteiger partial charge in [0.15, 0.2) is 0 Å². The van der Waals surface area contributed by atoms with E-state index in [0.717, 1.165) is 12.1 Å². The summed E-state index contributed by atoms with van der Waals surface area (Å²) in [5, 5.41) is 8.63. The number of hydrogen-bond acceptors (Lipinski definition) is 2. The average Bonchev–Trinajstić information content (AvgIpc) is 2.28. The maximum Gasteiger partial charge on any atom is 0.416 e. The van der Waals surface area contributed by atoms with Crippen LogP contribution in [-0.4, -0.2) is 6.29 Å². The van der Waals surface area contributed by atoms with Crippen molar-refractivity contribution in [1.82, 2.24) is 0 Å². The molecule has 0 saturated carbocycles. The molecule has 1 aromatic carbocycles. The van der Waals surface area contributed by atoms with Gasteiger partial charge in [0.25, 0.3) is 0 Å². The molecule has 0 aliphatic heterocycles. The van der Waals surface area contributed by atoms with E-state index in [1.165, 1.54) is 18.2 Å². The monoisotopic (exact) mass is 239 g/mol. The molecule has 2 nitrogen and oxygen atoms in total. The summed E-state index contributed by atoms with van der Waals surface area (Å²) in [7, 11) is 0. The van der Waals surface area contributed by atoms with Gasteiger partial charge in [0.05, 0.1) is 17.2 Å². The van der Waals surface area contributed by atoms with Gasteiger partial charge in [-0.3, -0.25) is 0 Å². The third-order valence-corrected chi connectivity index (χ3v) is 1.95. The van der Waals surface area contributed by atoms with Crippen molar-refractivity contribution in [2.24, 2.45) is 0 Å². The van der Waals surface area contributed by atoms with Crippen LogP contribution >= 0.6 is 0 Å². The number of halogens is 3. The van der Waals surface area contributed by atoms with Gasteiger partial charge in [0.1, 0.15) is 6.29 Å². The summed E-state index contributed by atoms with van der Waals surface area (Å²) in [6, 6.07) is 4.72. The van der Waals surface area contributed by atoms with Gasteiger partial charge in [-0.15, -0.1) is 0 Å². The van der Waals surface area contributed by atoms with Crippen LogP contribution in [0.1, 0.15) is 23.1 Å². The van der Waals surface area contributed by atoms with Crippen molar-refractivity contribution in [3.05, 3.63) is 41.0 Å². The predicted octanol–water partition coefficient (Wildman–Crippen LogP) is 3.18. The van der Waals surface area contributed by atoms with Gasteiger partial charge in [-0.25, -0.2) is 0 Å². The largest absolute Gasteiger partial charge is 0.416 e. The Bertz CT molecular complexity index is 484. The lowest BCUT2D eigenvalue weighted by Gasteiger charge is -2.07. The third kappa shape index (κ3) is 3.76. The van der Waals surface area contributed by atoms with Crippen molar-refractivity contribution >= 4 is 12.4 Å². The van der Waals surface area contributed by atoms with Gasteiger partial charge in [0, 0.05) is 6.42 Å². The quantitative estimate of drug-likeness (QED) is 0.760. The second-order valence-corrected chi connectivity index (χ2v) is 3.26. The fraction of sp³-hybridized carbons (Fsp3) is 0.167. The molecule has 0 aliphatic rings. The van der Waals surface area contributed by atoms with Crippen molar-refractivity contribution in [3.63, 3.8) is 0 Å². The predicted molar refractivity (Wildman–Crippen MR) is 55.9 cm³/mol. The number of nitrogens with zero attached hydrogens (tertiary/aromatic N) is 1. The van der Waals surface area contributed by atoms with Crippen LogP contribution in [0.5, 0.6) is 0 Å². The summed E-state index contributed by atoms with van der Waals surface area (Å²) in [6.07, 6.45) is -0.915. The van der Waals surface area contributed by atoms with Crippen molar-refractivity contribution < 1.29 is 18.0 Å². The van der Waals surface area contributed by atoms with E-state index in [1.807, 2.05) is 0 Å². The molecule has 0 amide bonds. The molecule has 0 atom stereocenters. The maximum atomic E-state index is 12.5. The summed E-state index contributed by atoms with van der Waals surface area (Å²) in [6.45, 7) is 0. The number of rotatable bonds is 3. The molecule has 0 fully saturated rings. The highest BCUT2D eigenvalue weighted by molar-refractivity contribution is 5.59. The maximum absolute atomic E-state index is 12.5. The SMILES string of the molecule is N#Cc1cc(C=CCC=O)cc(C(F)(F)F)c1. The molecule has 1 rings (SSSR count). The average molecular weight is 239 g/mol. The molecular weight excluding hydrogens is 231 g/mol. The minimum absolute atomic E-state index is 0.0643. The number of allylic oxidation sites excluding steroid dienone is 1. The normalized spacial score (nSPS) is 11.4. The first kappa shape index (κ1) is 13.0. The lowest BCUT2D eigenvalue weighted by molar-refractivity contribution is -0.137. The lowest BCUT2D eigenvalue weighted by Crippen LogP contribution is -2.05. The third-order valence-electron chi connectivity index (χ3n) is 1.95. The fourth-order valence-corrected chi connectivity index (χ4v) is 1.24. The highest BCUT2D eigenvalue weighted by Crippen LogP contribution is 2.30. The van der Waals surface area contributed by atoms with E-state index in [4.69, 9.17) is 5.26 Å². The second kappa shape index (κ2) is 5.30. The summed E-state index contributed by atoms with van der Waals surface area (Å²) in [5.41, 5.74) is -0.689. The Morgan fingerprint density at radius 1 is 1.29 bits per heavy atom. The molecule has 0 N–H and O–H groups in total. The summed E-state index contributed by atoms with van der Waals surface area (Å²) < 4.78 is 37.4. The molecule has 5 heteroatoms. The van der Waals surface area contributed by atoms with Crippen molar-refractivity contribution in [3.8, 4) is 6.07 Å². The van der Waals surface area contributed by atoms with Crippen LogP contribution in [0.2, 0.25) is 0 Å². The van der Waals surface area contributed by atoms with Gasteiger partial charge >= 0.3 is 6.18 Å². The highest BCUT2D eigenvalue weighted by Gasteiger charge is 2.30. The molecular formula is C12H8F3NO. The van der Waals surface area contributed by atoms with Crippen LogP contribution in [0.4, 0.5) is 13.2 Å². The molecule has 0 saturated heterocycles. The summed E-state index contributed by atoms with van der Waals surface area (Å²) in [5.74, 6) is 0. The summed E-state index contributed by atoms with van der Waals surface area (Å²) >= 11 is 0. The molecule has 0 spiro atoms. The van der Waals surface area contributed by atoms with Crippen molar-refractivity contribution in [2.45, 2.75) is 12.6 Å². The Labute approximate surface area is 96.0 Å². The molecule has 0 aliphatic carbocycles. The van der Waals surface area contributed by atoms with E-state index >= 15 is 0 Å². The Kier molecular flexibility index (Phi) is 4.05. The van der Waals surface area contributed by atoms with Gasteiger partial charge in [-0.2, -0.15) is 18.4 Å². The first-order valence-electron chi connectivity index (χ1n) is 4.70. The van der Waals surface area contributed by atoms with E-state index in [1.54, 1.807) is 6.07 Å². The molecule has 17 heavy (non-hydrogen) atoms. The Hall–Kier alpha value is -2.09. The number of aldehydes is 1. The number of nitriles is 1. The smallest absolute Gasteiger partial charge is 0.303 e. The van der Waals surface area contributed by atoms with Gasteiger partial charge in [0.2, 0.25) is 0 Å². The number of carbonyl (C=O) groups excluding carboxylic acids is 1. The summed E-state index contributed by atoms with van der Waals surface area (Å²) in [4.78, 5) is 10.1. The number of alkyl halides is 3. The molecule has 0 unspecified atom stereocenters. The van der Waals surface area contributed by atoms with E-state index in [9.17, 15) is 18.0 Å². The van der Waals surface area contributed by atoms with E-state index in [2.05, 4.69) is 0 Å². The molecule has 0 heterocycles. The zero-order valence-corrected chi connectivity index (χ0v) is 8.66. The minimum atomic E-state index is -4.49. The molecule has 88 valence electrons. The minimum Gasteiger partial charge on any atom is -0.303 e. The first-order chi connectivity index (χ1) is 7.97. The van der Waals surface area contributed by atoms with Crippen LogP contribution in [0, 0.1) is 11.3 Å². The van der Waals surface area contributed by atoms with Crippen molar-refractivity contribution in [2.75, 3.05) is 0 Å². The Morgan fingerprint density at radius 2 is 2.00 bits per heavy atom. The first-order valence-corrected chi connectivity index (χ1v) is 4.70. The zero-order valence-electron chi connectivity index (χ0n) is 8.66. The van der Waals surface area contributed by atoms with Gasteiger partial charge in [-0.05, 0) is 23.8 Å². The van der Waals surface area contributed by atoms with Gasteiger partial charge in [-0.1, -0.05) is 12.2 Å². The topological polar surface area (TPSA) is 40.9 Å². The fourth-order valence-electron chi connectivity index (χ4n) is 1.24. The molecule has 0 aromatic heterocycles. The number of benzene rings is 1. The van der Waals surface area contributed by atoms with E-state index < -0.39 is 11.7 Å². The van der Waals surface area contributed by atoms with Gasteiger partial charge < -0.3 is 4.79 Å². The van der Waals surface area contributed by atoms with Crippen molar-refractivity contribution in [1.29, 1.82) is 5.26 Å². The Balaban J connectivity index is 3.15. The molecule has 0 bridgehead atoms. The van der Waals surface area contributed by atoms with Crippen LogP contribution < -0.4 is 0 Å².